The number of imidazole rings is 1. The number of hydrogen-bond acceptors (Lipinski definition) is 3. The zero-order chi connectivity index (χ0) is 15.7. The zero-order valence-corrected chi connectivity index (χ0v) is 12.0. The smallest absolute Gasteiger partial charge is 0.158 e. The highest BCUT2D eigenvalue weighted by atomic mass is 19.1. The van der Waals surface area contributed by atoms with E-state index in [-0.39, 0.29) is 5.52 Å². The van der Waals surface area contributed by atoms with Gasteiger partial charge in [-0.2, -0.15) is 5.26 Å². The van der Waals surface area contributed by atoms with Gasteiger partial charge < -0.3 is 10.1 Å². The molecule has 0 aliphatic rings. The van der Waals surface area contributed by atoms with E-state index in [2.05, 4.69) is 9.97 Å². The summed E-state index contributed by atoms with van der Waals surface area (Å²) in [5.74, 6) is 0.149. The van der Waals surface area contributed by atoms with Crippen molar-refractivity contribution in [3.8, 4) is 17.2 Å². The van der Waals surface area contributed by atoms with Gasteiger partial charge in [-0.1, -0.05) is 12.1 Å². The van der Waals surface area contributed by atoms with Gasteiger partial charge in [0.05, 0.1) is 23.3 Å². The number of rotatable bonds is 3. The van der Waals surface area contributed by atoms with Crippen molar-refractivity contribution in [2.24, 2.45) is 0 Å². The van der Waals surface area contributed by atoms with Crippen LogP contribution in [0.5, 0.6) is 0 Å². The molecule has 0 fully saturated rings. The molecule has 1 atom stereocenters. The molecule has 110 valence electrons. The van der Waals surface area contributed by atoms with E-state index in [1.54, 1.807) is 43.3 Å². The lowest BCUT2D eigenvalue weighted by atomic mass is 10.0. The molecule has 2 N–H and O–H groups in total. The Morgan fingerprint density at radius 2 is 2.00 bits per heavy atom. The lowest BCUT2D eigenvalue weighted by Gasteiger charge is -2.03. The number of aromatic amines is 1. The molecule has 22 heavy (non-hydrogen) atoms. The Morgan fingerprint density at radius 3 is 2.64 bits per heavy atom. The van der Waals surface area contributed by atoms with Gasteiger partial charge in [-0.25, -0.2) is 9.37 Å². The van der Waals surface area contributed by atoms with E-state index in [0.717, 1.165) is 0 Å². The van der Waals surface area contributed by atoms with Gasteiger partial charge in [0.25, 0.3) is 0 Å². The number of hydrogen-bond donors (Lipinski definition) is 2. The number of fused-ring (bicyclic) bond motifs is 1. The third-order valence-electron chi connectivity index (χ3n) is 3.46. The third-order valence-corrected chi connectivity index (χ3v) is 3.46. The van der Waals surface area contributed by atoms with E-state index in [1.807, 2.05) is 6.07 Å². The first-order chi connectivity index (χ1) is 10.6. The largest absolute Gasteiger partial charge is 0.393 e. The number of halogens is 1. The molecule has 0 saturated heterocycles. The van der Waals surface area contributed by atoms with Crippen LogP contribution < -0.4 is 0 Å². The van der Waals surface area contributed by atoms with Crippen LogP contribution in [-0.4, -0.2) is 21.2 Å². The van der Waals surface area contributed by atoms with Gasteiger partial charge in [0.2, 0.25) is 0 Å². The van der Waals surface area contributed by atoms with E-state index in [4.69, 9.17) is 5.26 Å². The van der Waals surface area contributed by atoms with Crippen molar-refractivity contribution in [2.45, 2.75) is 19.4 Å². The summed E-state index contributed by atoms with van der Waals surface area (Å²) in [7, 11) is 0. The van der Waals surface area contributed by atoms with Crippen LogP contribution in [0, 0.1) is 17.1 Å². The summed E-state index contributed by atoms with van der Waals surface area (Å²) in [6, 6.07) is 12.2. The summed E-state index contributed by atoms with van der Waals surface area (Å²) in [5.41, 5.74) is 2.53. The maximum atomic E-state index is 14.7. The standard InChI is InChI=1S/C17H14FN3O/c1-10(22)8-15-20-14-7-6-13(16(18)17(14)21-15)12-4-2-11(9-19)3-5-12/h2-7,10,22H,8H2,1H3,(H,20,21). The number of nitrogens with zero attached hydrogens (tertiary/aromatic N) is 2. The van der Waals surface area contributed by atoms with Gasteiger partial charge >= 0.3 is 0 Å². The Hall–Kier alpha value is -2.71. The Labute approximate surface area is 126 Å². The second-order valence-corrected chi connectivity index (χ2v) is 5.25. The van der Waals surface area contributed by atoms with E-state index in [9.17, 15) is 9.50 Å². The fraction of sp³-hybridized carbons (Fsp3) is 0.176. The molecule has 1 heterocycles. The van der Waals surface area contributed by atoms with Gasteiger partial charge in [-0.05, 0) is 36.8 Å². The SMILES string of the molecule is CC(O)Cc1nc2c(F)c(-c3ccc(C#N)cc3)ccc2[nH]1. The minimum absolute atomic E-state index is 0.262. The highest BCUT2D eigenvalue weighted by molar-refractivity contribution is 5.83. The molecule has 0 aliphatic heterocycles. The molecule has 0 saturated carbocycles. The molecule has 4 nitrogen and oxygen atoms in total. The normalized spacial score (nSPS) is 12.3. The number of nitrogens with one attached hydrogen (secondary N) is 1. The summed E-state index contributed by atoms with van der Waals surface area (Å²) in [5, 5.41) is 18.2. The van der Waals surface area contributed by atoms with Crippen LogP contribution in [0.15, 0.2) is 36.4 Å². The fourth-order valence-electron chi connectivity index (χ4n) is 2.42. The zero-order valence-electron chi connectivity index (χ0n) is 12.0. The molecule has 5 heteroatoms. The molecular weight excluding hydrogens is 281 g/mol. The van der Waals surface area contributed by atoms with Gasteiger partial charge in [0.1, 0.15) is 11.3 Å². The van der Waals surface area contributed by atoms with E-state index in [0.29, 0.717) is 34.5 Å². The van der Waals surface area contributed by atoms with Crippen molar-refractivity contribution >= 4 is 11.0 Å². The minimum atomic E-state index is -0.540. The van der Waals surface area contributed by atoms with Crippen LogP contribution in [0.3, 0.4) is 0 Å². The van der Waals surface area contributed by atoms with E-state index in [1.165, 1.54) is 0 Å². The number of benzene rings is 2. The number of nitriles is 1. The molecule has 0 radical (unpaired) electrons. The lowest BCUT2D eigenvalue weighted by molar-refractivity contribution is 0.193. The quantitative estimate of drug-likeness (QED) is 0.779. The molecule has 2 aromatic carbocycles. The number of H-pyrrole nitrogens is 1. The predicted molar refractivity (Wildman–Crippen MR) is 81.6 cm³/mol. The van der Waals surface area contributed by atoms with Crippen molar-refractivity contribution in [3.63, 3.8) is 0 Å². The average Bonchev–Trinajstić information content (AvgIpc) is 2.90. The van der Waals surface area contributed by atoms with Gasteiger partial charge in [-0.3, -0.25) is 0 Å². The van der Waals surface area contributed by atoms with Crippen molar-refractivity contribution < 1.29 is 9.50 Å². The monoisotopic (exact) mass is 295 g/mol. The van der Waals surface area contributed by atoms with Crippen molar-refractivity contribution in [1.82, 2.24) is 9.97 Å². The van der Waals surface area contributed by atoms with Crippen molar-refractivity contribution in [3.05, 3.63) is 53.6 Å². The fourth-order valence-corrected chi connectivity index (χ4v) is 2.42. The molecule has 0 aliphatic carbocycles. The summed E-state index contributed by atoms with van der Waals surface area (Å²) < 4.78 is 14.7. The molecule has 0 amide bonds. The Bertz CT molecular complexity index is 860. The van der Waals surface area contributed by atoms with Gasteiger partial charge in [0.15, 0.2) is 5.82 Å². The molecule has 0 bridgehead atoms. The van der Waals surface area contributed by atoms with Crippen LogP contribution in [-0.2, 0) is 6.42 Å². The number of aromatic nitrogens is 2. The summed E-state index contributed by atoms with van der Waals surface area (Å²) in [6.07, 6.45) is -0.193. The average molecular weight is 295 g/mol. The van der Waals surface area contributed by atoms with E-state index >= 15 is 0 Å². The van der Waals surface area contributed by atoms with Crippen molar-refractivity contribution in [2.75, 3.05) is 0 Å². The Morgan fingerprint density at radius 1 is 1.27 bits per heavy atom. The predicted octanol–water partition coefficient (Wildman–Crippen LogP) is 3.16. The number of aliphatic hydroxyl groups is 1. The Kier molecular flexibility index (Phi) is 3.61. The maximum Gasteiger partial charge on any atom is 0.158 e. The molecule has 0 spiro atoms. The highest BCUT2D eigenvalue weighted by Crippen LogP contribution is 2.28. The highest BCUT2D eigenvalue weighted by Gasteiger charge is 2.14. The molecule has 3 aromatic rings. The van der Waals surface area contributed by atoms with E-state index < -0.39 is 11.9 Å². The molecule has 1 unspecified atom stereocenters. The lowest BCUT2D eigenvalue weighted by Crippen LogP contribution is -2.05. The van der Waals surface area contributed by atoms with Crippen LogP contribution in [0.25, 0.3) is 22.2 Å². The second kappa shape index (κ2) is 5.58. The van der Waals surface area contributed by atoms with Crippen LogP contribution >= 0.6 is 0 Å². The van der Waals surface area contributed by atoms with Crippen LogP contribution in [0.1, 0.15) is 18.3 Å². The maximum absolute atomic E-state index is 14.7. The van der Waals surface area contributed by atoms with Crippen molar-refractivity contribution in [1.29, 1.82) is 5.26 Å². The number of aliphatic hydroxyl groups excluding tert-OH is 1. The first-order valence-electron chi connectivity index (χ1n) is 6.94. The van der Waals surface area contributed by atoms with Gasteiger partial charge in [0, 0.05) is 12.0 Å². The van der Waals surface area contributed by atoms with Crippen LogP contribution in [0.4, 0.5) is 4.39 Å². The summed E-state index contributed by atoms with van der Waals surface area (Å²) in [4.78, 5) is 7.24. The first-order valence-corrected chi connectivity index (χ1v) is 6.94. The summed E-state index contributed by atoms with van der Waals surface area (Å²) in [6.45, 7) is 1.66. The molecule has 1 aromatic heterocycles. The minimum Gasteiger partial charge on any atom is -0.393 e. The van der Waals surface area contributed by atoms with Gasteiger partial charge in [-0.15, -0.1) is 0 Å². The Balaban J connectivity index is 2.07. The molecule has 3 rings (SSSR count). The summed E-state index contributed by atoms with van der Waals surface area (Å²) >= 11 is 0. The second-order valence-electron chi connectivity index (χ2n) is 5.25. The molecular formula is C17H14FN3O. The third kappa shape index (κ3) is 2.57. The first kappa shape index (κ1) is 14.2. The van der Waals surface area contributed by atoms with Crippen LogP contribution in [0.2, 0.25) is 0 Å². The topological polar surface area (TPSA) is 72.7 Å².